The van der Waals surface area contributed by atoms with Crippen LogP contribution in [0.15, 0.2) is 0 Å². The molecular weight excluding hydrogens is 244 g/mol. The number of carbonyl (C=O) groups excluding carboxylic acids is 2. The highest BCUT2D eigenvalue weighted by atomic mass is 32.2. The van der Waals surface area contributed by atoms with Crippen molar-refractivity contribution in [2.24, 2.45) is 0 Å². The minimum atomic E-state index is -3.18. The fourth-order valence-corrected chi connectivity index (χ4v) is 2.84. The van der Waals surface area contributed by atoms with E-state index in [0.717, 1.165) is 0 Å². The largest absolute Gasteiger partial charge is 0.332 e. The van der Waals surface area contributed by atoms with Crippen LogP contribution in [0.25, 0.3) is 0 Å². The van der Waals surface area contributed by atoms with E-state index in [0.29, 0.717) is 0 Å². The van der Waals surface area contributed by atoms with E-state index in [1.807, 2.05) is 0 Å². The van der Waals surface area contributed by atoms with Crippen molar-refractivity contribution >= 4 is 21.5 Å². The quantitative estimate of drug-likeness (QED) is 0.717. The monoisotopic (exact) mass is 262 g/mol. The normalized spacial score (nSPS) is 23.4. The number of nitrogens with zero attached hydrogens (tertiary/aromatic N) is 1. The molecule has 7 heteroatoms. The number of Topliss-reactive ketones (excluding diaryl/α,β-unsaturated/α-hetero) is 1. The third-order valence-electron chi connectivity index (χ3n) is 3.30. The topological polar surface area (TPSA) is 83.6 Å². The first-order valence-electron chi connectivity index (χ1n) is 5.30. The Kier molecular flexibility index (Phi) is 3.63. The number of rotatable bonds is 3. The van der Waals surface area contributed by atoms with E-state index >= 15 is 0 Å². The second-order valence-electron chi connectivity index (χ2n) is 4.82. The summed E-state index contributed by atoms with van der Waals surface area (Å²) in [6.07, 6.45) is 0. The molecule has 1 saturated heterocycles. The Balaban J connectivity index is 2.82. The first-order valence-corrected chi connectivity index (χ1v) is 7.12. The van der Waals surface area contributed by atoms with Crippen LogP contribution in [0.3, 0.4) is 0 Å². The van der Waals surface area contributed by atoms with E-state index in [1.165, 1.54) is 18.9 Å². The lowest BCUT2D eigenvalue weighted by molar-refractivity contribution is -0.143. The lowest BCUT2D eigenvalue weighted by Crippen LogP contribution is -2.55. The summed E-state index contributed by atoms with van der Waals surface area (Å²) in [7, 11) is -1.67. The molecule has 0 spiro atoms. The molecule has 6 nitrogen and oxygen atoms in total. The molecule has 0 aliphatic carbocycles. The van der Waals surface area contributed by atoms with Crippen LogP contribution in [-0.2, 0) is 19.4 Å². The maximum atomic E-state index is 12.0. The summed E-state index contributed by atoms with van der Waals surface area (Å²) in [5.74, 6) is -0.900. The summed E-state index contributed by atoms with van der Waals surface area (Å²) in [4.78, 5) is 24.8. The van der Waals surface area contributed by atoms with Crippen LogP contribution >= 0.6 is 0 Å². The van der Waals surface area contributed by atoms with Gasteiger partial charge in [0, 0.05) is 7.05 Å². The minimum Gasteiger partial charge on any atom is -0.332 e. The fraction of sp³-hybridized carbons (Fsp3) is 0.800. The van der Waals surface area contributed by atoms with Gasteiger partial charge in [-0.2, -0.15) is 0 Å². The third kappa shape index (κ3) is 2.84. The molecule has 1 rings (SSSR count). The summed E-state index contributed by atoms with van der Waals surface area (Å²) in [6, 6.07) is -0.747. The predicted octanol–water partition coefficient (Wildman–Crippen LogP) is -0.843. The number of likely N-dealkylation sites (N-methyl/N-ethyl adjacent to an activating group) is 1. The number of ketones is 1. The molecule has 1 unspecified atom stereocenters. The molecule has 0 saturated carbocycles. The van der Waals surface area contributed by atoms with Gasteiger partial charge in [0.25, 0.3) is 0 Å². The molecule has 1 aliphatic heterocycles. The highest BCUT2D eigenvalue weighted by Crippen LogP contribution is 2.16. The van der Waals surface area contributed by atoms with Gasteiger partial charge in [-0.1, -0.05) is 0 Å². The zero-order valence-corrected chi connectivity index (χ0v) is 11.3. The van der Waals surface area contributed by atoms with Crippen molar-refractivity contribution in [3.63, 3.8) is 0 Å². The Morgan fingerprint density at radius 1 is 1.35 bits per heavy atom. The summed E-state index contributed by atoms with van der Waals surface area (Å²) in [5.41, 5.74) is -0.925. The van der Waals surface area contributed by atoms with Gasteiger partial charge in [0.2, 0.25) is 5.91 Å². The Hall–Kier alpha value is -0.950. The molecule has 0 aromatic heterocycles. The standard InChI is InChI=1S/C10H18N2O4S/c1-7(13)10(2,3)12(4)9(14)8-5-17(15,16)6-11-8/h8,11H,5-6H2,1-4H3. The zero-order valence-electron chi connectivity index (χ0n) is 10.5. The predicted molar refractivity (Wildman–Crippen MR) is 63.1 cm³/mol. The van der Waals surface area contributed by atoms with Crippen molar-refractivity contribution in [3.8, 4) is 0 Å². The molecule has 0 aromatic carbocycles. The Morgan fingerprint density at radius 2 is 1.88 bits per heavy atom. The average molecular weight is 262 g/mol. The smallest absolute Gasteiger partial charge is 0.241 e. The molecule has 98 valence electrons. The first kappa shape index (κ1) is 14.1. The Labute approximate surface area is 101 Å². The van der Waals surface area contributed by atoms with Gasteiger partial charge in [-0.15, -0.1) is 0 Å². The Bertz CT molecular complexity index is 441. The number of hydrogen-bond acceptors (Lipinski definition) is 5. The maximum absolute atomic E-state index is 12.0. The molecule has 1 atom stereocenters. The third-order valence-corrected chi connectivity index (χ3v) is 4.75. The average Bonchev–Trinajstić information content (AvgIpc) is 2.56. The van der Waals surface area contributed by atoms with Crippen LogP contribution in [0.2, 0.25) is 0 Å². The molecule has 1 fully saturated rings. The van der Waals surface area contributed by atoms with Crippen molar-refractivity contribution in [3.05, 3.63) is 0 Å². The van der Waals surface area contributed by atoms with Gasteiger partial charge in [-0.3, -0.25) is 14.9 Å². The van der Waals surface area contributed by atoms with Crippen molar-refractivity contribution in [1.82, 2.24) is 10.2 Å². The van der Waals surface area contributed by atoms with Crippen LogP contribution in [-0.4, -0.2) is 55.3 Å². The molecule has 1 aliphatic rings. The van der Waals surface area contributed by atoms with Gasteiger partial charge >= 0.3 is 0 Å². The van der Waals surface area contributed by atoms with Crippen molar-refractivity contribution < 1.29 is 18.0 Å². The summed E-state index contributed by atoms with van der Waals surface area (Å²) in [6.45, 7) is 4.68. The lowest BCUT2D eigenvalue weighted by Gasteiger charge is -2.34. The van der Waals surface area contributed by atoms with Crippen molar-refractivity contribution in [2.45, 2.75) is 32.4 Å². The van der Waals surface area contributed by atoms with Gasteiger partial charge in [0.05, 0.1) is 17.2 Å². The van der Waals surface area contributed by atoms with Crippen LogP contribution in [0, 0.1) is 0 Å². The highest BCUT2D eigenvalue weighted by molar-refractivity contribution is 7.91. The molecule has 0 bridgehead atoms. The molecule has 1 amide bonds. The van der Waals surface area contributed by atoms with E-state index < -0.39 is 21.4 Å². The number of hydrogen-bond donors (Lipinski definition) is 1. The summed E-state index contributed by atoms with van der Waals surface area (Å²) < 4.78 is 22.5. The van der Waals surface area contributed by atoms with Gasteiger partial charge in [0.1, 0.15) is 6.04 Å². The first-order chi connectivity index (χ1) is 7.58. The minimum absolute atomic E-state index is 0.144. The molecule has 0 aromatic rings. The SMILES string of the molecule is CC(=O)C(C)(C)N(C)C(=O)C1CS(=O)(=O)CN1. The molecule has 17 heavy (non-hydrogen) atoms. The maximum Gasteiger partial charge on any atom is 0.241 e. The van der Waals surface area contributed by atoms with Gasteiger partial charge in [0.15, 0.2) is 15.6 Å². The van der Waals surface area contributed by atoms with E-state index in [-0.39, 0.29) is 23.3 Å². The van der Waals surface area contributed by atoms with Crippen LogP contribution in [0.1, 0.15) is 20.8 Å². The molecule has 0 radical (unpaired) electrons. The molecule has 1 heterocycles. The lowest BCUT2D eigenvalue weighted by atomic mass is 9.97. The number of sulfone groups is 1. The molecular formula is C10H18N2O4S. The van der Waals surface area contributed by atoms with E-state index in [1.54, 1.807) is 13.8 Å². The second kappa shape index (κ2) is 4.38. The van der Waals surface area contributed by atoms with Crippen LogP contribution < -0.4 is 5.32 Å². The fourth-order valence-electron chi connectivity index (χ4n) is 1.50. The van der Waals surface area contributed by atoms with E-state index in [2.05, 4.69) is 5.32 Å². The van der Waals surface area contributed by atoms with E-state index in [9.17, 15) is 18.0 Å². The zero-order chi connectivity index (χ0) is 13.4. The van der Waals surface area contributed by atoms with Crippen LogP contribution in [0.4, 0.5) is 0 Å². The van der Waals surface area contributed by atoms with Gasteiger partial charge < -0.3 is 4.90 Å². The summed E-state index contributed by atoms with van der Waals surface area (Å²) >= 11 is 0. The van der Waals surface area contributed by atoms with Crippen molar-refractivity contribution in [2.75, 3.05) is 18.7 Å². The number of carbonyl (C=O) groups is 2. The van der Waals surface area contributed by atoms with Crippen molar-refractivity contribution in [1.29, 1.82) is 0 Å². The van der Waals surface area contributed by atoms with Crippen LogP contribution in [0.5, 0.6) is 0 Å². The Morgan fingerprint density at radius 3 is 2.24 bits per heavy atom. The summed E-state index contributed by atoms with van der Waals surface area (Å²) in [5, 5.41) is 2.65. The second-order valence-corrected chi connectivity index (χ2v) is 6.93. The number of nitrogens with one attached hydrogen (secondary N) is 1. The highest BCUT2D eigenvalue weighted by Gasteiger charge is 2.39. The number of amides is 1. The van der Waals surface area contributed by atoms with E-state index in [4.69, 9.17) is 0 Å². The van der Waals surface area contributed by atoms with Gasteiger partial charge in [-0.05, 0) is 20.8 Å². The molecule has 1 N–H and O–H groups in total. The van der Waals surface area contributed by atoms with Gasteiger partial charge in [-0.25, -0.2) is 8.42 Å².